The van der Waals surface area contributed by atoms with Crippen molar-refractivity contribution in [2.45, 2.75) is 19.9 Å². The van der Waals surface area contributed by atoms with Crippen molar-refractivity contribution < 1.29 is 9.53 Å². The van der Waals surface area contributed by atoms with E-state index in [1.807, 2.05) is 18.2 Å². The zero-order chi connectivity index (χ0) is 14.4. The fourth-order valence-electron chi connectivity index (χ4n) is 2.04. The van der Waals surface area contributed by atoms with E-state index >= 15 is 0 Å². The van der Waals surface area contributed by atoms with E-state index in [-0.39, 0.29) is 5.97 Å². The van der Waals surface area contributed by atoms with Crippen molar-refractivity contribution in [1.82, 2.24) is 0 Å². The molecule has 0 unspecified atom stereocenters. The number of hydrogen-bond donors (Lipinski definition) is 1. The number of methoxy groups -OCH3 is 1. The fourth-order valence-corrected chi connectivity index (χ4v) is 2.04. The Bertz CT molecular complexity index is 576. The van der Waals surface area contributed by atoms with Gasteiger partial charge in [-0.1, -0.05) is 37.3 Å². The van der Waals surface area contributed by atoms with Crippen LogP contribution >= 0.6 is 0 Å². The molecule has 0 bridgehead atoms. The van der Waals surface area contributed by atoms with Gasteiger partial charge < -0.3 is 10.1 Å². The van der Waals surface area contributed by atoms with Crippen molar-refractivity contribution in [3.8, 4) is 0 Å². The predicted molar refractivity (Wildman–Crippen MR) is 80.9 cm³/mol. The van der Waals surface area contributed by atoms with E-state index in [0.717, 1.165) is 17.7 Å². The Labute approximate surface area is 119 Å². The molecule has 1 N–H and O–H groups in total. The molecular formula is C17H19NO2. The molecule has 0 atom stereocenters. The second-order valence-electron chi connectivity index (χ2n) is 4.55. The number of esters is 1. The van der Waals surface area contributed by atoms with Crippen LogP contribution in [0.1, 0.15) is 28.4 Å². The maximum absolute atomic E-state index is 11.7. The number of anilines is 1. The van der Waals surface area contributed by atoms with Crippen LogP contribution in [0.4, 0.5) is 5.69 Å². The lowest BCUT2D eigenvalue weighted by atomic mass is 10.1. The molecule has 0 heterocycles. The zero-order valence-corrected chi connectivity index (χ0v) is 11.8. The Morgan fingerprint density at radius 2 is 1.80 bits per heavy atom. The summed E-state index contributed by atoms with van der Waals surface area (Å²) in [6.45, 7) is 2.73. The van der Waals surface area contributed by atoms with Gasteiger partial charge in [-0.25, -0.2) is 4.79 Å². The maximum Gasteiger partial charge on any atom is 0.338 e. The van der Waals surface area contributed by atoms with E-state index in [2.05, 4.69) is 36.5 Å². The van der Waals surface area contributed by atoms with Crippen LogP contribution in [0.2, 0.25) is 0 Å². The first-order valence-electron chi connectivity index (χ1n) is 6.73. The number of ether oxygens (including phenoxy) is 1. The number of rotatable bonds is 5. The van der Waals surface area contributed by atoms with Crippen LogP contribution in [0.25, 0.3) is 0 Å². The largest absolute Gasteiger partial charge is 0.465 e. The number of carbonyl (C=O) groups excluding carboxylic acids is 1. The highest BCUT2D eigenvalue weighted by Crippen LogP contribution is 2.14. The lowest BCUT2D eigenvalue weighted by Gasteiger charge is -2.10. The van der Waals surface area contributed by atoms with Gasteiger partial charge in [-0.2, -0.15) is 0 Å². The van der Waals surface area contributed by atoms with Gasteiger partial charge in [0.1, 0.15) is 0 Å². The van der Waals surface area contributed by atoms with Gasteiger partial charge in [0.15, 0.2) is 0 Å². The summed E-state index contributed by atoms with van der Waals surface area (Å²) in [5.41, 5.74) is 3.89. The molecule has 3 heteroatoms. The molecule has 0 aliphatic carbocycles. The SMILES string of the molecule is CCc1ccc(NCc2ccccc2C(=O)OC)cc1. The second kappa shape index (κ2) is 6.75. The molecule has 104 valence electrons. The van der Waals surface area contributed by atoms with Crippen molar-refractivity contribution >= 4 is 11.7 Å². The van der Waals surface area contributed by atoms with Crippen LogP contribution in [-0.4, -0.2) is 13.1 Å². The summed E-state index contributed by atoms with van der Waals surface area (Å²) in [7, 11) is 1.40. The average molecular weight is 269 g/mol. The average Bonchev–Trinajstić information content (AvgIpc) is 2.53. The molecule has 0 saturated carbocycles. The molecule has 20 heavy (non-hydrogen) atoms. The number of nitrogens with one attached hydrogen (secondary N) is 1. The monoisotopic (exact) mass is 269 g/mol. The third-order valence-corrected chi connectivity index (χ3v) is 3.27. The van der Waals surface area contributed by atoms with Crippen LogP contribution < -0.4 is 5.32 Å². The minimum absolute atomic E-state index is 0.302. The molecule has 3 nitrogen and oxygen atoms in total. The van der Waals surface area contributed by atoms with Gasteiger partial charge in [0.05, 0.1) is 12.7 Å². The van der Waals surface area contributed by atoms with Crippen molar-refractivity contribution in [1.29, 1.82) is 0 Å². The highest BCUT2D eigenvalue weighted by molar-refractivity contribution is 5.91. The Morgan fingerprint density at radius 1 is 1.10 bits per heavy atom. The van der Waals surface area contributed by atoms with Crippen molar-refractivity contribution in [2.75, 3.05) is 12.4 Å². The van der Waals surface area contributed by atoms with Crippen LogP contribution in [0.3, 0.4) is 0 Å². The Hall–Kier alpha value is -2.29. The third kappa shape index (κ3) is 3.38. The van der Waals surface area contributed by atoms with E-state index < -0.39 is 0 Å². The number of hydrogen-bond acceptors (Lipinski definition) is 3. The standard InChI is InChI=1S/C17H19NO2/c1-3-13-8-10-15(11-9-13)18-12-14-6-4-5-7-16(14)17(19)20-2/h4-11,18H,3,12H2,1-2H3. The third-order valence-electron chi connectivity index (χ3n) is 3.27. The molecule has 0 saturated heterocycles. The lowest BCUT2D eigenvalue weighted by molar-refractivity contribution is 0.0599. The van der Waals surface area contributed by atoms with Gasteiger partial charge in [-0.3, -0.25) is 0 Å². The highest BCUT2D eigenvalue weighted by Gasteiger charge is 2.10. The van der Waals surface area contributed by atoms with Crippen molar-refractivity contribution in [2.24, 2.45) is 0 Å². The summed E-state index contributed by atoms with van der Waals surface area (Å²) in [6, 6.07) is 15.8. The smallest absolute Gasteiger partial charge is 0.338 e. The molecule has 0 aromatic heterocycles. The second-order valence-corrected chi connectivity index (χ2v) is 4.55. The van der Waals surface area contributed by atoms with Gasteiger partial charge in [-0.15, -0.1) is 0 Å². The molecule has 0 aliphatic heterocycles. The van der Waals surface area contributed by atoms with Gasteiger partial charge in [0, 0.05) is 12.2 Å². The minimum atomic E-state index is -0.302. The fraction of sp³-hybridized carbons (Fsp3) is 0.235. The molecular weight excluding hydrogens is 250 g/mol. The first-order valence-corrected chi connectivity index (χ1v) is 6.73. The Kier molecular flexibility index (Phi) is 4.77. The minimum Gasteiger partial charge on any atom is -0.465 e. The first kappa shape index (κ1) is 14.1. The van der Waals surface area contributed by atoms with Gasteiger partial charge in [0.25, 0.3) is 0 Å². The van der Waals surface area contributed by atoms with Crippen molar-refractivity contribution in [3.05, 3.63) is 65.2 Å². The molecule has 0 radical (unpaired) electrons. The highest BCUT2D eigenvalue weighted by atomic mass is 16.5. The summed E-state index contributed by atoms with van der Waals surface area (Å²) < 4.78 is 4.79. The van der Waals surface area contributed by atoms with E-state index in [9.17, 15) is 4.79 Å². The van der Waals surface area contributed by atoms with Gasteiger partial charge in [0.2, 0.25) is 0 Å². The van der Waals surface area contributed by atoms with Gasteiger partial charge in [-0.05, 0) is 35.7 Å². The normalized spacial score (nSPS) is 10.1. The summed E-state index contributed by atoms with van der Waals surface area (Å²) in [6.07, 6.45) is 1.03. The maximum atomic E-state index is 11.7. The molecule has 2 rings (SSSR count). The molecule has 0 aliphatic rings. The summed E-state index contributed by atoms with van der Waals surface area (Å²) in [5, 5.41) is 3.32. The topological polar surface area (TPSA) is 38.3 Å². The lowest BCUT2D eigenvalue weighted by Crippen LogP contribution is -2.09. The predicted octanol–water partition coefficient (Wildman–Crippen LogP) is 3.65. The number of aryl methyl sites for hydroxylation is 1. The summed E-state index contributed by atoms with van der Waals surface area (Å²) in [4.78, 5) is 11.7. The molecule has 0 fully saturated rings. The molecule has 0 spiro atoms. The first-order chi connectivity index (χ1) is 9.74. The van der Waals surface area contributed by atoms with Crippen LogP contribution in [-0.2, 0) is 17.7 Å². The molecule has 2 aromatic rings. The number of carbonyl (C=O) groups is 1. The Morgan fingerprint density at radius 3 is 2.45 bits per heavy atom. The summed E-state index contributed by atoms with van der Waals surface area (Å²) in [5.74, 6) is -0.302. The van der Waals surface area contributed by atoms with Crippen LogP contribution in [0, 0.1) is 0 Å². The van der Waals surface area contributed by atoms with Crippen LogP contribution in [0.5, 0.6) is 0 Å². The zero-order valence-electron chi connectivity index (χ0n) is 11.8. The van der Waals surface area contributed by atoms with E-state index in [1.54, 1.807) is 6.07 Å². The van der Waals surface area contributed by atoms with E-state index in [0.29, 0.717) is 12.1 Å². The van der Waals surface area contributed by atoms with Crippen molar-refractivity contribution in [3.63, 3.8) is 0 Å². The number of benzene rings is 2. The summed E-state index contributed by atoms with van der Waals surface area (Å²) >= 11 is 0. The van der Waals surface area contributed by atoms with Crippen LogP contribution in [0.15, 0.2) is 48.5 Å². The quantitative estimate of drug-likeness (QED) is 0.842. The Balaban J connectivity index is 2.08. The van der Waals surface area contributed by atoms with E-state index in [4.69, 9.17) is 4.74 Å². The molecule has 0 amide bonds. The van der Waals surface area contributed by atoms with E-state index in [1.165, 1.54) is 12.7 Å². The molecule has 2 aromatic carbocycles. The van der Waals surface area contributed by atoms with Gasteiger partial charge >= 0.3 is 5.97 Å².